The largest absolute Gasteiger partial charge is 0.493 e. The molecule has 0 fully saturated rings. The van der Waals surface area contributed by atoms with Gasteiger partial charge in [0.15, 0.2) is 22.9 Å². The van der Waals surface area contributed by atoms with Crippen molar-refractivity contribution in [1.82, 2.24) is 4.57 Å². The topological polar surface area (TPSA) is 131 Å². The molecule has 0 saturated heterocycles. The zero-order chi connectivity index (χ0) is 28.1. The van der Waals surface area contributed by atoms with E-state index < -0.39 is 17.9 Å². The van der Waals surface area contributed by atoms with E-state index in [1.165, 1.54) is 30.1 Å². The van der Waals surface area contributed by atoms with Crippen molar-refractivity contribution in [3.63, 3.8) is 0 Å². The summed E-state index contributed by atoms with van der Waals surface area (Å²) in [4.78, 5) is 43.0. The number of rotatable bonds is 10. The zero-order valence-electron chi connectivity index (χ0n) is 21.4. The average molecular weight is 572 g/mol. The number of nitrogens with zero attached hydrogens (tertiary/aromatic N) is 2. The van der Waals surface area contributed by atoms with Gasteiger partial charge in [0.2, 0.25) is 0 Å². The van der Waals surface area contributed by atoms with Crippen LogP contribution >= 0.6 is 22.9 Å². The highest BCUT2D eigenvalue weighted by Gasteiger charge is 2.33. The number of benzene rings is 2. The van der Waals surface area contributed by atoms with E-state index in [9.17, 15) is 14.4 Å². The molecule has 1 amide bonds. The summed E-state index contributed by atoms with van der Waals surface area (Å²) in [6, 6.07) is 11.2. The van der Waals surface area contributed by atoms with Crippen LogP contribution in [0.4, 0.5) is 0 Å². The van der Waals surface area contributed by atoms with Crippen LogP contribution in [-0.2, 0) is 19.1 Å². The van der Waals surface area contributed by atoms with Gasteiger partial charge in [-0.25, -0.2) is 9.79 Å². The predicted molar refractivity (Wildman–Crippen MR) is 146 cm³/mol. The fourth-order valence-corrected chi connectivity index (χ4v) is 5.20. The molecule has 0 saturated carbocycles. The van der Waals surface area contributed by atoms with Crippen LogP contribution in [0.3, 0.4) is 0 Å². The highest BCUT2D eigenvalue weighted by atomic mass is 35.5. The number of amides is 1. The first-order valence-corrected chi connectivity index (χ1v) is 13.0. The number of methoxy groups -OCH3 is 2. The number of thiazole rings is 1. The van der Waals surface area contributed by atoms with Crippen LogP contribution in [0.25, 0.3) is 6.08 Å². The second-order valence-electron chi connectivity index (χ2n) is 8.43. The molecule has 1 atom stereocenters. The molecule has 1 aromatic heterocycles. The molecule has 1 aliphatic heterocycles. The van der Waals surface area contributed by atoms with Crippen LogP contribution in [0.5, 0.6) is 11.5 Å². The molecular weight excluding hydrogens is 546 g/mol. The minimum atomic E-state index is -0.769. The van der Waals surface area contributed by atoms with Crippen molar-refractivity contribution in [2.24, 2.45) is 10.7 Å². The van der Waals surface area contributed by atoms with Crippen molar-refractivity contribution in [2.45, 2.75) is 13.0 Å². The Morgan fingerprint density at radius 1 is 1.13 bits per heavy atom. The third-order valence-electron chi connectivity index (χ3n) is 5.80. The Kier molecular flexibility index (Phi) is 8.85. The van der Waals surface area contributed by atoms with E-state index in [2.05, 4.69) is 4.99 Å². The van der Waals surface area contributed by atoms with Crippen LogP contribution in [-0.4, -0.2) is 50.5 Å². The highest BCUT2D eigenvalue weighted by Crippen LogP contribution is 2.31. The standard InChI is InChI=1S/C27H26ClN3O7S/c1-15-23(26(34)37-11-10-35-2)24(17-5-7-18(28)8-6-17)31-25(33)21(39-27(31)30-15)13-16-4-9-19(20(12-16)36-3)38-14-22(29)32/h4-9,12-13,24H,10-11,14H2,1-3H3,(H2,29,32). The van der Waals surface area contributed by atoms with Gasteiger partial charge in [-0.1, -0.05) is 41.1 Å². The fourth-order valence-electron chi connectivity index (χ4n) is 4.03. The van der Waals surface area contributed by atoms with Crippen molar-refractivity contribution in [2.75, 3.05) is 34.0 Å². The molecule has 12 heteroatoms. The van der Waals surface area contributed by atoms with Gasteiger partial charge in [-0.15, -0.1) is 0 Å². The summed E-state index contributed by atoms with van der Waals surface area (Å²) in [7, 11) is 2.98. The Bertz CT molecular complexity index is 1610. The van der Waals surface area contributed by atoms with Gasteiger partial charge in [0.05, 0.1) is 35.6 Å². The highest BCUT2D eigenvalue weighted by molar-refractivity contribution is 7.07. The Labute approximate surface area is 232 Å². The van der Waals surface area contributed by atoms with Gasteiger partial charge >= 0.3 is 5.97 Å². The summed E-state index contributed by atoms with van der Waals surface area (Å²) in [6.07, 6.45) is 1.69. The molecule has 204 valence electrons. The van der Waals surface area contributed by atoms with Crippen molar-refractivity contribution in [3.05, 3.63) is 89.6 Å². The maximum atomic E-state index is 13.8. The molecule has 1 unspecified atom stereocenters. The number of hydrogen-bond acceptors (Lipinski definition) is 9. The minimum absolute atomic E-state index is 0.0604. The van der Waals surface area contributed by atoms with Crippen LogP contribution in [0.15, 0.2) is 63.5 Å². The second kappa shape index (κ2) is 12.3. The molecule has 10 nitrogen and oxygen atoms in total. The first kappa shape index (κ1) is 28.1. The Hall–Kier alpha value is -3.93. The van der Waals surface area contributed by atoms with Gasteiger partial charge in [0.1, 0.15) is 6.61 Å². The third kappa shape index (κ3) is 6.22. The van der Waals surface area contributed by atoms with Crippen LogP contribution < -0.4 is 30.1 Å². The Morgan fingerprint density at radius 3 is 2.54 bits per heavy atom. The third-order valence-corrected chi connectivity index (χ3v) is 7.04. The zero-order valence-corrected chi connectivity index (χ0v) is 23.0. The number of carbonyl (C=O) groups excluding carboxylic acids is 2. The number of hydrogen-bond donors (Lipinski definition) is 1. The molecule has 3 aromatic rings. The van der Waals surface area contributed by atoms with E-state index in [0.29, 0.717) is 42.7 Å². The quantitative estimate of drug-likeness (QED) is 0.291. The smallest absolute Gasteiger partial charge is 0.338 e. The molecule has 0 spiro atoms. The number of esters is 1. The van der Waals surface area contributed by atoms with Gasteiger partial charge < -0.3 is 24.7 Å². The molecule has 0 radical (unpaired) electrons. The SMILES string of the molecule is COCCOC(=O)C1=C(C)N=c2sc(=Cc3ccc(OCC(N)=O)c(OC)c3)c(=O)n2C1c1ccc(Cl)cc1. The number of ether oxygens (including phenoxy) is 4. The summed E-state index contributed by atoms with van der Waals surface area (Å²) < 4.78 is 23.0. The number of nitrogens with two attached hydrogens (primary N) is 1. The molecule has 2 N–H and O–H groups in total. The number of primary amides is 1. The van der Waals surface area contributed by atoms with Crippen LogP contribution in [0.2, 0.25) is 5.02 Å². The van der Waals surface area contributed by atoms with Crippen LogP contribution in [0, 0.1) is 0 Å². The summed E-state index contributed by atoms with van der Waals surface area (Å²) in [6.45, 7) is 1.71. The van der Waals surface area contributed by atoms with Crippen molar-refractivity contribution in [1.29, 1.82) is 0 Å². The summed E-state index contributed by atoms with van der Waals surface area (Å²) in [5, 5.41) is 0.522. The lowest BCUT2D eigenvalue weighted by molar-refractivity contribution is -0.140. The molecular formula is C27H26ClN3O7S. The predicted octanol–water partition coefficient (Wildman–Crippen LogP) is 1.95. The Balaban J connectivity index is 1.81. The first-order chi connectivity index (χ1) is 18.7. The summed E-state index contributed by atoms with van der Waals surface area (Å²) in [5.74, 6) is -0.493. The van der Waals surface area contributed by atoms with E-state index in [1.807, 2.05) is 0 Å². The van der Waals surface area contributed by atoms with Gasteiger partial charge in [-0.2, -0.15) is 0 Å². The number of fused-ring (bicyclic) bond motifs is 1. The number of halogens is 1. The van der Waals surface area contributed by atoms with Crippen molar-refractivity contribution < 1.29 is 28.5 Å². The van der Waals surface area contributed by atoms with Crippen molar-refractivity contribution in [3.8, 4) is 11.5 Å². The average Bonchev–Trinajstić information content (AvgIpc) is 3.21. The Morgan fingerprint density at radius 2 is 1.87 bits per heavy atom. The van der Waals surface area contributed by atoms with Crippen LogP contribution in [0.1, 0.15) is 24.1 Å². The molecule has 0 aliphatic carbocycles. The molecule has 0 bridgehead atoms. The molecule has 39 heavy (non-hydrogen) atoms. The number of carbonyl (C=O) groups is 2. The van der Waals surface area contributed by atoms with Gasteiger partial charge in [0, 0.05) is 12.1 Å². The normalized spacial score (nSPS) is 15.0. The van der Waals surface area contributed by atoms with Crippen molar-refractivity contribution >= 4 is 40.9 Å². The monoisotopic (exact) mass is 571 g/mol. The molecule has 2 aromatic carbocycles. The maximum Gasteiger partial charge on any atom is 0.338 e. The van der Waals surface area contributed by atoms with E-state index in [0.717, 1.165) is 0 Å². The maximum absolute atomic E-state index is 13.8. The van der Waals surface area contributed by atoms with Gasteiger partial charge in [-0.05, 0) is 48.4 Å². The van der Waals surface area contributed by atoms with E-state index in [-0.39, 0.29) is 31.0 Å². The first-order valence-electron chi connectivity index (χ1n) is 11.8. The number of aromatic nitrogens is 1. The second-order valence-corrected chi connectivity index (χ2v) is 9.87. The molecule has 2 heterocycles. The van der Waals surface area contributed by atoms with E-state index in [4.69, 9.17) is 36.3 Å². The minimum Gasteiger partial charge on any atom is -0.493 e. The lowest BCUT2D eigenvalue weighted by Crippen LogP contribution is -2.40. The summed E-state index contributed by atoms with van der Waals surface area (Å²) >= 11 is 7.30. The van der Waals surface area contributed by atoms with Gasteiger partial charge in [0.25, 0.3) is 11.5 Å². The lowest BCUT2D eigenvalue weighted by atomic mass is 9.96. The molecule has 4 rings (SSSR count). The van der Waals surface area contributed by atoms with E-state index >= 15 is 0 Å². The van der Waals surface area contributed by atoms with E-state index in [1.54, 1.807) is 55.5 Å². The van der Waals surface area contributed by atoms with Gasteiger partial charge in [-0.3, -0.25) is 14.2 Å². The molecule has 1 aliphatic rings. The number of allylic oxidation sites excluding steroid dienone is 1. The summed E-state index contributed by atoms with van der Waals surface area (Å²) in [5.41, 5.74) is 6.86. The lowest BCUT2D eigenvalue weighted by Gasteiger charge is -2.24. The fraction of sp³-hybridized carbons (Fsp3) is 0.259.